The molecule has 35 heavy (non-hydrogen) atoms. The molecule has 2 aliphatic heterocycles. The number of amides is 1. The van der Waals surface area contributed by atoms with Crippen LogP contribution < -0.4 is 21.7 Å². The maximum absolute atomic E-state index is 12.7. The molecule has 3 heterocycles. The number of carbonyl (C=O) groups is 1. The van der Waals surface area contributed by atoms with Crippen molar-refractivity contribution in [3.05, 3.63) is 101 Å². The zero-order valence-corrected chi connectivity index (χ0v) is 19.7. The summed E-state index contributed by atoms with van der Waals surface area (Å²) in [7, 11) is 0. The highest BCUT2D eigenvalue weighted by atomic mass is 16.2. The van der Waals surface area contributed by atoms with Gasteiger partial charge in [0.15, 0.2) is 0 Å². The molecule has 0 saturated heterocycles. The third kappa shape index (κ3) is 3.99. The van der Waals surface area contributed by atoms with Crippen LogP contribution in [0.15, 0.2) is 79.0 Å². The highest BCUT2D eigenvalue weighted by Crippen LogP contribution is 2.45. The SMILES string of the molecule is NCCCn1ccc2ccc(CNCC3Nc4ccccc4C3C3NC(=O)c4ccccc43)cc21. The minimum Gasteiger partial charge on any atom is -0.380 e. The van der Waals surface area contributed by atoms with Crippen LogP contribution in [0.4, 0.5) is 5.69 Å². The van der Waals surface area contributed by atoms with E-state index in [9.17, 15) is 4.79 Å². The number of aromatic nitrogens is 1. The van der Waals surface area contributed by atoms with Crippen molar-refractivity contribution in [3.8, 4) is 0 Å². The lowest BCUT2D eigenvalue weighted by Crippen LogP contribution is -2.38. The van der Waals surface area contributed by atoms with E-state index in [0.29, 0.717) is 6.54 Å². The third-order valence-corrected chi connectivity index (χ3v) is 7.42. The number of hydrogen-bond acceptors (Lipinski definition) is 4. The molecular formula is C29H31N5O. The number of carbonyl (C=O) groups excluding carboxylic acids is 1. The number of anilines is 1. The molecule has 4 aromatic rings. The molecule has 178 valence electrons. The van der Waals surface area contributed by atoms with E-state index < -0.39 is 0 Å². The third-order valence-electron chi connectivity index (χ3n) is 7.42. The highest BCUT2D eigenvalue weighted by Gasteiger charge is 2.42. The molecule has 3 atom stereocenters. The second-order valence-electron chi connectivity index (χ2n) is 9.58. The summed E-state index contributed by atoms with van der Waals surface area (Å²) in [5.74, 6) is 0.176. The van der Waals surface area contributed by atoms with Crippen LogP contribution in [0.25, 0.3) is 10.9 Å². The highest BCUT2D eigenvalue weighted by molar-refractivity contribution is 5.99. The molecule has 2 aliphatic rings. The molecule has 3 unspecified atom stereocenters. The first-order chi connectivity index (χ1) is 17.2. The molecule has 6 heteroatoms. The fourth-order valence-corrected chi connectivity index (χ4v) is 5.74. The number of aryl methyl sites for hydroxylation is 1. The van der Waals surface area contributed by atoms with Crippen LogP contribution >= 0.6 is 0 Å². The lowest BCUT2D eigenvalue weighted by atomic mass is 9.84. The molecule has 3 aromatic carbocycles. The van der Waals surface area contributed by atoms with Crippen LogP contribution in [0.3, 0.4) is 0 Å². The van der Waals surface area contributed by atoms with Crippen molar-refractivity contribution < 1.29 is 4.79 Å². The molecule has 5 N–H and O–H groups in total. The number of hydrogen-bond donors (Lipinski definition) is 4. The summed E-state index contributed by atoms with van der Waals surface area (Å²) in [4.78, 5) is 12.7. The number of fused-ring (bicyclic) bond motifs is 3. The van der Waals surface area contributed by atoms with Crippen molar-refractivity contribution >= 4 is 22.5 Å². The van der Waals surface area contributed by atoms with Gasteiger partial charge in [-0.25, -0.2) is 0 Å². The summed E-state index contributed by atoms with van der Waals surface area (Å²) in [5.41, 5.74) is 12.5. The van der Waals surface area contributed by atoms with E-state index >= 15 is 0 Å². The zero-order valence-electron chi connectivity index (χ0n) is 19.7. The van der Waals surface area contributed by atoms with Crippen molar-refractivity contribution in [2.75, 3.05) is 18.4 Å². The molecule has 6 rings (SSSR count). The largest absolute Gasteiger partial charge is 0.380 e. The Morgan fingerprint density at radius 3 is 2.66 bits per heavy atom. The van der Waals surface area contributed by atoms with Gasteiger partial charge >= 0.3 is 0 Å². The van der Waals surface area contributed by atoms with Gasteiger partial charge in [-0.3, -0.25) is 4.79 Å². The van der Waals surface area contributed by atoms with Crippen LogP contribution in [-0.2, 0) is 13.1 Å². The van der Waals surface area contributed by atoms with Gasteiger partial charge in [0, 0.05) is 54.6 Å². The molecule has 0 fully saturated rings. The summed E-state index contributed by atoms with van der Waals surface area (Å²) in [6.45, 7) is 3.22. The number of nitrogens with one attached hydrogen (secondary N) is 3. The maximum atomic E-state index is 12.7. The van der Waals surface area contributed by atoms with Crippen molar-refractivity contribution in [1.82, 2.24) is 15.2 Å². The second kappa shape index (κ2) is 9.21. The minimum atomic E-state index is -0.0381. The van der Waals surface area contributed by atoms with Crippen molar-refractivity contribution in [3.63, 3.8) is 0 Å². The maximum Gasteiger partial charge on any atom is 0.252 e. The van der Waals surface area contributed by atoms with Crippen LogP contribution in [0, 0.1) is 0 Å². The minimum absolute atomic E-state index is 0.0210. The predicted octanol–water partition coefficient (Wildman–Crippen LogP) is 4.14. The lowest BCUT2D eigenvalue weighted by molar-refractivity contribution is 0.0951. The van der Waals surface area contributed by atoms with Gasteiger partial charge in [-0.2, -0.15) is 0 Å². The molecule has 1 aromatic heterocycles. The van der Waals surface area contributed by atoms with E-state index in [4.69, 9.17) is 5.73 Å². The summed E-state index contributed by atoms with van der Waals surface area (Å²) in [6.07, 6.45) is 3.12. The molecule has 0 radical (unpaired) electrons. The number of benzene rings is 3. The fourth-order valence-electron chi connectivity index (χ4n) is 5.74. The van der Waals surface area contributed by atoms with Crippen LogP contribution in [-0.4, -0.2) is 29.6 Å². The van der Waals surface area contributed by atoms with Gasteiger partial charge in [0.1, 0.15) is 0 Å². The number of nitrogens with two attached hydrogens (primary N) is 1. The van der Waals surface area contributed by atoms with Crippen molar-refractivity contribution in [2.24, 2.45) is 5.73 Å². The van der Waals surface area contributed by atoms with Gasteiger partial charge in [0.2, 0.25) is 0 Å². The Kier molecular flexibility index (Phi) is 5.76. The fraction of sp³-hybridized carbons (Fsp3) is 0.276. The standard InChI is InChI=1S/C29H31N5O/c30-13-5-14-34-15-12-20-11-10-19(16-26(20)34)17-31-18-25-27(23-8-3-4-9-24(23)32-25)28-21-6-1-2-7-22(21)29(35)33-28/h1-4,6-12,15-16,25,27-28,31-32H,5,13-14,17-18,30H2,(H,33,35). The Morgan fingerprint density at radius 2 is 1.77 bits per heavy atom. The summed E-state index contributed by atoms with van der Waals surface area (Å²) in [5, 5.41) is 11.9. The Labute approximate surface area is 205 Å². The molecule has 0 saturated carbocycles. The van der Waals surface area contributed by atoms with Gasteiger partial charge in [-0.1, -0.05) is 48.5 Å². The smallest absolute Gasteiger partial charge is 0.252 e. The van der Waals surface area contributed by atoms with Gasteiger partial charge in [0.05, 0.1) is 6.04 Å². The van der Waals surface area contributed by atoms with Gasteiger partial charge in [0.25, 0.3) is 5.91 Å². The van der Waals surface area contributed by atoms with Crippen molar-refractivity contribution in [1.29, 1.82) is 0 Å². The molecule has 6 nitrogen and oxygen atoms in total. The predicted molar refractivity (Wildman–Crippen MR) is 141 cm³/mol. The van der Waals surface area contributed by atoms with Gasteiger partial charge < -0.3 is 26.3 Å². The average molecular weight is 466 g/mol. The number of nitrogens with zero attached hydrogens (tertiary/aromatic N) is 1. The van der Waals surface area contributed by atoms with E-state index in [-0.39, 0.29) is 23.9 Å². The Bertz CT molecular complexity index is 1380. The summed E-state index contributed by atoms with van der Waals surface area (Å²) in [6, 6.07) is 25.4. The number of rotatable bonds is 8. The van der Waals surface area contributed by atoms with Crippen LogP contribution in [0.5, 0.6) is 0 Å². The second-order valence-corrected chi connectivity index (χ2v) is 9.58. The molecule has 1 amide bonds. The molecular weight excluding hydrogens is 434 g/mol. The lowest BCUT2D eigenvalue weighted by Gasteiger charge is -2.27. The number of para-hydroxylation sites is 1. The normalized spacial score (nSPS) is 20.5. The van der Waals surface area contributed by atoms with E-state index in [2.05, 4.69) is 81.3 Å². The zero-order chi connectivity index (χ0) is 23.8. The molecule has 0 bridgehead atoms. The Morgan fingerprint density at radius 1 is 0.943 bits per heavy atom. The van der Waals surface area contributed by atoms with E-state index in [1.54, 1.807) is 0 Å². The molecule has 0 aliphatic carbocycles. The van der Waals surface area contributed by atoms with E-state index in [1.807, 2.05) is 18.2 Å². The monoisotopic (exact) mass is 465 g/mol. The summed E-state index contributed by atoms with van der Waals surface area (Å²) >= 11 is 0. The molecule has 0 spiro atoms. The Hall–Kier alpha value is -3.61. The summed E-state index contributed by atoms with van der Waals surface area (Å²) < 4.78 is 2.29. The van der Waals surface area contributed by atoms with E-state index in [1.165, 1.54) is 22.0 Å². The van der Waals surface area contributed by atoms with Crippen LogP contribution in [0.2, 0.25) is 0 Å². The first kappa shape index (κ1) is 21.9. The van der Waals surface area contributed by atoms with Gasteiger partial charge in [-0.05, 0) is 59.3 Å². The van der Waals surface area contributed by atoms with Crippen molar-refractivity contribution in [2.45, 2.75) is 37.5 Å². The first-order valence-corrected chi connectivity index (χ1v) is 12.5. The van der Waals surface area contributed by atoms with E-state index in [0.717, 1.165) is 42.9 Å². The first-order valence-electron chi connectivity index (χ1n) is 12.5. The van der Waals surface area contributed by atoms with Gasteiger partial charge in [-0.15, -0.1) is 0 Å². The van der Waals surface area contributed by atoms with Crippen LogP contribution in [0.1, 0.15) is 45.4 Å². The average Bonchev–Trinajstić information content (AvgIpc) is 3.56. The quantitative estimate of drug-likeness (QED) is 0.315. The topological polar surface area (TPSA) is 84.1 Å². The Balaban J connectivity index is 1.20.